The van der Waals surface area contributed by atoms with E-state index in [-0.39, 0.29) is 0 Å². The van der Waals surface area contributed by atoms with Gasteiger partial charge in [0.15, 0.2) is 0 Å². The molecule has 0 bridgehead atoms. The number of hydrogen-bond donors (Lipinski definition) is 0. The second-order valence-corrected chi connectivity index (χ2v) is 9.06. The second kappa shape index (κ2) is 8.80. The number of carbonyl (C=O) groups is 1. The van der Waals surface area contributed by atoms with Gasteiger partial charge >= 0.3 is 0 Å². The van der Waals surface area contributed by atoms with Gasteiger partial charge in [0, 0.05) is 19.0 Å². The minimum atomic E-state index is 0.374. The third-order valence-electron chi connectivity index (χ3n) is 7.04. The van der Waals surface area contributed by atoms with Crippen molar-refractivity contribution in [1.29, 1.82) is 0 Å². The molecule has 138 valence electrons. The van der Waals surface area contributed by atoms with Crippen LogP contribution in [0.25, 0.3) is 0 Å². The van der Waals surface area contributed by atoms with Gasteiger partial charge in [-0.05, 0) is 102 Å². The van der Waals surface area contributed by atoms with Crippen LogP contribution in [0.5, 0.6) is 0 Å². The van der Waals surface area contributed by atoms with Crippen molar-refractivity contribution < 1.29 is 4.79 Å². The van der Waals surface area contributed by atoms with Crippen LogP contribution in [0.1, 0.15) is 65.2 Å². The highest BCUT2D eigenvalue weighted by atomic mass is 16.1. The smallest absolute Gasteiger partial charge is 0.132 e. The van der Waals surface area contributed by atoms with Crippen LogP contribution in [-0.2, 0) is 4.79 Å². The van der Waals surface area contributed by atoms with Crippen LogP contribution in [-0.4, -0.2) is 54.9 Å². The van der Waals surface area contributed by atoms with Gasteiger partial charge in [0.2, 0.25) is 0 Å². The van der Waals surface area contributed by atoms with Gasteiger partial charge in [0.1, 0.15) is 5.78 Å². The Balaban J connectivity index is 1.32. The average Bonchev–Trinajstić information content (AvgIpc) is 2.59. The Bertz CT molecular complexity index is 387. The van der Waals surface area contributed by atoms with Crippen molar-refractivity contribution in [2.75, 3.05) is 39.3 Å². The summed E-state index contributed by atoms with van der Waals surface area (Å²) in [6.07, 6.45) is 10.4. The molecule has 2 heterocycles. The minimum Gasteiger partial charge on any atom is -0.303 e. The Hall–Kier alpha value is -0.410. The van der Waals surface area contributed by atoms with E-state index in [1.54, 1.807) is 6.92 Å². The molecule has 2 saturated heterocycles. The predicted molar refractivity (Wildman–Crippen MR) is 100 cm³/mol. The lowest BCUT2D eigenvalue weighted by Gasteiger charge is -2.39. The number of nitrogens with zero attached hydrogens (tertiary/aromatic N) is 2. The monoisotopic (exact) mass is 334 g/mol. The van der Waals surface area contributed by atoms with Crippen LogP contribution in [0, 0.1) is 23.7 Å². The lowest BCUT2D eigenvalue weighted by Crippen LogP contribution is -2.42. The fourth-order valence-corrected chi connectivity index (χ4v) is 5.08. The number of piperidine rings is 2. The first-order valence-corrected chi connectivity index (χ1v) is 10.5. The van der Waals surface area contributed by atoms with Crippen molar-refractivity contribution in [3.8, 4) is 0 Å². The number of ketones is 1. The van der Waals surface area contributed by atoms with Gasteiger partial charge in [-0.15, -0.1) is 0 Å². The molecule has 24 heavy (non-hydrogen) atoms. The van der Waals surface area contributed by atoms with Crippen LogP contribution in [0.2, 0.25) is 0 Å². The van der Waals surface area contributed by atoms with Crippen LogP contribution in [0.15, 0.2) is 0 Å². The molecule has 0 radical (unpaired) electrons. The summed E-state index contributed by atoms with van der Waals surface area (Å²) < 4.78 is 0. The molecule has 0 aromatic heterocycles. The van der Waals surface area contributed by atoms with E-state index in [4.69, 9.17) is 0 Å². The summed E-state index contributed by atoms with van der Waals surface area (Å²) in [7, 11) is 0. The van der Waals surface area contributed by atoms with Gasteiger partial charge in [-0.25, -0.2) is 0 Å². The molecule has 3 heteroatoms. The molecule has 0 spiro atoms. The zero-order valence-electron chi connectivity index (χ0n) is 16.0. The van der Waals surface area contributed by atoms with Crippen molar-refractivity contribution in [1.82, 2.24) is 9.80 Å². The van der Waals surface area contributed by atoms with Crippen LogP contribution in [0.3, 0.4) is 0 Å². The standard InChI is InChI=1S/C21H38N2O/c1-17-7-11-22(12-8-17)16-20-9-13-23(14-10-20)15-19-3-5-21(6-4-19)18(2)24/h17,19-21H,3-16H2,1-2H3. The van der Waals surface area contributed by atoms with Crippen LogP contribution >= 0.6 is 0 Å². The van der Waals surface area contributed by atoms with Gasteiger partial charge in [0.25, 0.3) is 0 Å². The maximum atomic E-state index is 11.5. The Morgan fingerprint density at radius 1 is 0.750 bits per heavy atom. The average molecular weight is 335 g/mol. The summed E-state index contributed by atoms with van der Waals surface area (Å²) in [5.41, 5.74) is 0. The molecule has 0 atom stereocenters. The highest BCUT2D eigenvalue weighted by Crippen LogP contribution is 2.31. The third kappa shape index (κ3) is 5.29. The first-order valence-electron chi connectivity index (χ1n) is 10.5. The number of rotatable bonds is 5. The molecule has 2 aliphatic heterocycles. The molecule has 3 fully saturated rings. The van der Waals surface area contributed by atoms with E-state index in [0.29, 0.717) is 11.7 Å². The number of Topliss-reactive ketones (excluding diaryl/α,β-unsaturated/α-hetero) is 1. The summed E-state index contributed by atoms with van der Waals surface area (Å²) in [6, 6.07) is 0. The van der Waals surface area contributed by atoms with Crippen LogP contribution < -0.4 is 0 Å². The normalized spacial score (nSPS) is 32.1. The third-order valence-corrected chi connectivity index (χ3v) is 7.04. The Kier molecular flexibility index (Phi) is 6.74. The van der Waals surface area contributed by atoms with E-state index in [1.165, 1.54) is 77.8 Å². The molecule has 0 aromatic carbocycles. The lowest BCUT2D eigenvalue weighted by atomic mass is 9.80. The Labute approximate surface area is 149 Å². The highest BCUT2D eigenvalue weighted by Gasteiger charge is 2.28. The van der Waals surface area contributed by atoms with Crippen molar-refractivity contribution in [2.45, 2.75) is 65.2 Å². The zero-order valence-corrected chi connectivity index (χ0v) is 16.0. The van der Waals surface area contributed by atoms with E-state index in [0.717, 1.165) is 30.6 Å². The Morgan fingerprint density at radius 2 is 1.21 bits per heavy atom. The van der Waals surface area contributed by atoms with Gasteiger partial charge < -0.3 is 9.80 Å². The largest absolute Gasteiger partial charge is 0.303 e. The zero-order chi connectivity index (χ0) is 16.9. The quantitative estimate of drug-likeness (QED) is 0.763. The topological polar surface area (TPSA) is 23.6 Å². The lowest BCUT2D eigenvalue weighted by molar-refractivity contribution is -0.121. The van der Waals surface area contributed by atoms with Crippen LogP contribution in [0.4, 0.5) is 0 Å². The number of likely N-dealkylation sites (tertiary alicyclic amines) is 2. The van der Waals surface area contributed by atoms with Crippen molar-refractivity contribution in [2.24, 2.45) is 23.7 Å². The SMILES string of the molecule is CC(=O)C1CCC(CN2CCC(CN3CCC(C)CC3)CC2)CC1. The predicted octanol–water partition coefficient (Wildman–Crippen LogP) is 3.83. The van der Waals surface area contributed by atoms with E-state index >= 15 is 0 Å². The van der Waals surface area contributed by atoms with Crippen molar-refractivity contribution in [3.63, 3.8) is 0 Å². The molecule has 1 aliphatic carbocycles. The maximum Gasteiger partial charge on any atom is 0.132 e. The van der Waals surface area contributed by atoms with Crippen molar-refractivity contribution >= 4 is 5.78 Å². The fourth-order valence-electron chi connectivity index (χ4n) is 5.08. The van der Waals surface area contributed by atoms with Gasteiger partial charge in [-0.1, -0.05) is 6.92 Å². The Morgan fingerprint density at radius 3 is 1.71 bits per heavy atom. The molecular formula is C21H38N2O. The fraction of sp³-hybridized carbons (Fsp3) is 0.952. The molecule has 3 aliphatic rings. The molecule has 1 saturated carbocycles. The maximum absolute atomic E-state index is 11.5. The van der Waals surface area contributed by atoms with E-state index in [9.17, 15) is 4.79 Å². The summed E-state index contributed by atoms with van der Waals surface area (Å²) in [4.78, 5) is 16.9. The van der Waals surface area contributed by atoms with Gasteiger partial charge in [0.05, 0.1) is 0 Å². The summed E-state index contributed by atoms with van der Waals surface area (Å²) in [6.45, 7) is 12.1. The summed E-state index contributed by atoms with van der Waals surface area (Å²) >= 11 is 0. The summed E-state index contributed by atoms with van der Waals surface area (Å²) in [5.74, 6) is 3.52. The molecule has 0 amide bonds. The minimum absolute atomic E-state index is 0.374. The first-order chi connectivity index (χ1) is 11.6. The number of hydrogen-bond acceptors (Lipinski definition) is 3. The number of carbonyl (C=O) groups excluding carboxylic acids is 1. The highest BCUT2D eigenvalue weighted by molar-refractivity contribution is 5.78. The van der Waals surface area contributed by atoms with E-state index in [1.807, 2.05) is 0 Å². The van der Waals surface area contributed by atoms with Gasteiger partial charge in [-0.2, -0.15) is 0 Å². The van der Waals surface area contributed by atoms with Gasteiger partial charge in [-0.3, -0.25) is 4.79 Å². The van der Waals surface area contributed by atoms with Crippen molar-refractivity contribution in [3.05, 3.63) is 0 Å². The molecule has 0 unspecified atom stereocenters. The molecule has 3 nitrogen and oxygen atoms in total. The molecular weight excluding hydrogens is 296 g/mol. The molecule has 3 rings (SSSR count). The van der Waals surface area contributed by atoms with E-state index < -0.39 is 0 Å². The molecule has 0 aromatic rings. The second-order valence-electron chi connectivity index (χ2n) is 9.06. The summed E-state index contributed by atoms with van der Waals surface area (Å²) in [5, 5.41) is 0. The molecule has 0 N–H and O–H groups in total. The van der Waals surface area contributed by atoms with E-state index in [2.05, 4.69) is 16.7 Å². The first kappa shape index (κ1) is 18.4.